The molecule has 150 valence electrons. The Bertz CT molecular complexity index is 1350. The van der Waals surface area contributed by atoms with Crippen LogP contribution in [0, 0.1) is 0 Å². The normalized spacial score (nSPS) is 13.8. The third kappa shape index (κ3) is 3.15. The number of para-hydroxylation sites is 2. The van der Waals surface area contributed by atoms with Gasteiger partial charge in [-0.1, -0.05) is 29.5 Å². The monoisotopic (exact) mass is 465 g/mol. The lowest BCUT2D eigenvalue weighted by molar-refractivity contribution is 0.698. The molecule has 3 aromatic heterocycles. The Balaban J connectivity index is 1.48. The summed E-state index contributed by atoms with van der Waals surface area (Å²) in [5.74, 6) is 0. The second-order valence-electron chi connectivity index (χ2n) is 7.35. The Labute approximate surface area is 191 Å². The highest BCUT2D eigenvalue weighted by Crippen LogP contribution is 2.47. The lowest BCUT2D eigenvalue weighted by Gasteiger charge is -2.11. The highest BCUT2D eigenvalue weighted by atomic mass is 32.2. The lowest BCUT2D eigenvalue weighted by Crippen LogP contribution is -1.99. The zero-order valence-corrected chi connectivity index (χ0v) is 19.7. The maximum absolute atomic E-state index is 5.00. The molecule has 1 N–H and O–H groups in total. The average molecular weight is 466 g/mol. The molecule has 0 fully saturated rings. The topological polar surface area (TPSA) is 37.8 Å². The smallest absolute Gasteiger partial charge is 0.188 e. The van der Waals surface area contributed by atoms with Crippen molar-refractivity contribution in [1.29, 1.82) is 0 Å². The molecule has 30 heavy (non-hydrogen) atoms. The maximum atomic E-state index is 5.00. The molecule has 2 aromatic carbocycles. The highest BCUT2D eigenvalue weighted by Gasteiger charge is 2.25. The summed E-state index contributed by atoms with van der Waals surface area (Å²) in [7, 11) is 0. The van der Waals surface area contributed by atoms with Crippen LogP contribution in [0.25, 0.3) is 31.0 Å². The molecule has 0 aliphatic heterocycles. The van der Waals surface area contributed by atoms with E-state index in [0.717, 1.165) is 27.6 Å². The number of rotatable bonds is 4. The second kappa shape index (κ2) is 7.64. The highest BCUT2D eigenvalue weighted by molar-refractivity contribution is 7.98. The average Bonchev–Trinajstić information content (AvgIpc) is 3.47. The minimum atomic E-state index is 0.965. The Morgan fingerprint density at radius 2 is 1.77 bits per heavy atom. The van der Waals surface area contributed by atoms with Crippen LogP contribution < -0.4 is 5.32 Å². The van der Waals surface area contributed by atoms with E-state index in [-0.39, 0.29) is 0 Å². The predicted octanol–water partition coefficient (Wildman–Crippen LogP) is 7.98. The standard InChI is InChI=1S/C23H19N3S4/c1-27-17-11-6-12-18-20(17)25-23(30-18)26-22-19(13-7-2-4-9-15(13)28-22)21-24-14-8-3-5-10-16(14)29-21/h3,5-6,8,10-12H,2,4,7,9H2,1H3,(H,25,26). The number of benzene rings is 2. The molecule has 3 heterocycles. The summed E-state index contributed by atoms with van der Waals surface area (Å²) in [5.41, 5.74) is 4.99. The van der Waals surface area contributed by atoms with Gasteiger partial charge in [-0.2, -0.15) is 0 Å². The van der Waals surface area contributed by atoms with Crippen LogP contribution in [-0.4, -0.2) is 16.2 Å². The molecule has 7 heteroatoms. The summed E-state index contributed by atoms with van der Waals surface area (Å²) in [6.07, 6.45) is 6.98. The van der Waals surface area contributed by atoms with Crippen molar-refractivity contribution in [2.24, 2.45) is 0 Å². The van der Waals surface area contributed by atoms with Gasteiger partial charge in [0.1, 0.15) is 10.0 Å². The van der Waals surface area contributed by atoms with E-state index in [1.807, 2.05) is 11.3 Å². The summed E-state index contributed by atoms with van der Waals surface area (Å²) >= 11 is 7.18. The third-order valence-corrected chi connectivity index (χ3v) is 9.47. The van der Waals surface area contributed by atoms with Crippen LogP contribution in [0.5, 0.6) is 0 Å². The van der Waals surface area contributed by atoms with Crippen LogP contribution in [0.4, 0.5) is 10.1 Å². The van der Waals surface area contributed by atoms with E-state index >= 15 is 0 Å². The molecule has 0 bridgehead atoms. The molecule has 0 radical (unpaired) electrons. The summed E-state index contributed by atoms with van der Waals surface area (Å²) in [4.78, 5) is 12.7. The maximum Gasteiger partial charge on any atom is 0.188 e. The first kappa shape index (κ1) is 18.8. The van der Waals surface area contributed by atoms with Gasteiger partial charge >= 0.3 is 0 Å². The van der Waals surface area contributed by atoms with E-state index in [9.17, 15) is 0 Å². The van der Waals surface area contributed by atoms with Crippen LogP contribution in [0.15, 0.2) is 47.4 Å². The minimum Gasteiger partial charge on any atom is -0.323 e. The van der Waals surface area contributed by atoms with Crippen LogP contribution in [0.2, 0.25) is 0 Å². The van der Waals surface area contributed by atoms with E-state index in [1.54, 1.807) is 34.4 Å². The zero-order chi connectivity index (χ0) is 20.1. The molecule has 0 saturated heterocycles. The number of fused-ring (bicyclic) bond motifs is 3. The minimum absolute atomic E-state index is 0.965. The van der Waals surface area contributed by atoms with Crippen molar-refractivity contribution in [1.82, 2.24) is 9.97 Å². The van der Waals surface area contributed by atoms with E-state index < -0.39 is 0 Å². The largest absolute Gasteiger partial charge is 0.323 e. The predicted molar refractivity (Wildman–Crippen MR) is 134 cm³/mol. The fourth-order valence-corrected chi connectivity index (χ4v) is 8.09. The Morgan fingerprint density at radius 3 is 2.67 bits per heavy atom. The number of anilines is 2. The summed E-state index contributed by atoms with van der Waals surface area (Å²) in [5, 5.41) is 6.99. The van der Waals surface area contributed by atoms with Crippen LogP contribution in [-0.2, 0) is 12.8 Å². The van der Waals surface area contributed by atoms with Crippen molar-refractivity contribution in [2.75, 3.05) is 11.6 Å². The molecule has 1 aliphatic rings. The van der Waals surface area contributed by atoms with Gasteiger partial charge in [0, 0.05) is 15.3 Å². The van der Waals surface area contributed by atoms with Crippen LogP contribution >= 0.6 is 45.8 Å². The van der Waals surface area contributed by atoms with Crippen LogP contribution in [0.1, 0.15) is 23.3 Å². The van der Waals surface area contributed by atoms with Crippen molar-refractivity contribution < 1.29 is 0 Å². The van der Waals surface area contributed by atoms with E-state index in [0.29, 0.717) is 0 Å². The number of hydrogen-bond donors (Lipinski definition) is 1. The SMILES string of the molecule is CSc1cccc2sc(Nc3sc4c(c3-c3nc5ccccc5s3)CCCC4)nc12. The molecule has 0 spiro atoms. The molecular formula is C23H19N3S4. The Morgan fingerprint density at radius 1 is 0.900 bits per heavy atom. The first-order valence-corrected chi connectivity index (χ1v) is 13.7. The Kier molecular flexibility index (Phi) is 4.79. The molecule has 0 atom stereocenters. The van der Waals surface area contributed by atoms with Crippen molar-refractivity contribution in [3.05, 3.63) is 52.9 Å². The number of aromatic nitrogens is 2. The van der Waals surface area contributed by atoms with Gasteiger partial charge in [-0.15, -0.1) is 34.4 Å². The molecule has 3 nitrogen and oxygen atoms in total. The van der Waals surface area contributed by atoms with Gasteiger partial charge in [0.05, 0.1) is 20.4 Å². The molecule has 0 amide bonds. The molecule has 0 saturated carbocycles. The lowest BCUT2D eigenvalue weighted by atomic mass is 9.96. The van der Waals surface area contributed by atoms with Gasteiger partial charge in [-0.3, -0.25) is 0 Å². The van der Waals surface area contributed by atoms with Gasteiger partial charge in [0.15, 0.2) is 5.13 Å². The number of thiazole rings is 2. The van der Waals surface area contributed by atoms with Gasteiger partial charge < -0.3 is 5.32 Å². The van der Waals surface area contributed by atoms with Crippen molar-refractivity contribution in [3.8, 4) is 10.6 Å². The fraction of sp³-hybridized carbons (Fsp3) is 0.217. The third-order valence-electron chi connectivity index (χ3n) is 5.50. The summed E-state index contributed by atoms with van der Waals surface area (Å²) < 4.78 is 2.48. The molecule has 5 aromatic rings. The number of nitrogens with one attached hydrogen (secondary N) is 1. The molecule has 0 unspecified atom stereocenters. The van der Waals surface area contributed by atoms with Gasteiger partial charge in [0.2, 0.25) is 0 Å². The van der Waals surface area contributed by atoms with Crippen LogP contribution in [0.3, 0.4) is 0 Å². The van der Waals surface area contributed by atoms with E-state index in [1.165, 1.54) is 54.6 Å². The number of aryl methyl sites for hydroxylation is 1. The molecule has 6 rings (SSSR count). The second-order valence-corrected chi connectivity index (χ2v) is 11.4. The molecule has 1 aliphatic carbocycles. The van der Waals surface area contributed by atoms with Gasteiger partial charge in [-0.25, -0.2) is 9.97 Å². The zero-order valence-electron chi connectivity index (χ0n) is 16.4. The first-order chi connectivity index (χ1) is 14.8. The van der Waals surface area contributed by atoms with Crippen molar-refractivity contribution in [2.45, 2.75) is 30.6 Å². The molecular weight excluding hydrogens is 447 g/mol. The summed E-state index contributed by atoms with van der Waals surface area (Å²) in [6.45, 7) is 0. The van der Waals surface area contributed by atoms with Crippen molar-refractivity contribution >= 4 is 76.3 Å². The van der Waals surface area contributed by atoms with E-state index in [4.69, 9.17) is 9.97 Å². The number of hydrogen-bond acceptors (Lipinski definition) is 7. The fourth-order valence-electron chi connectivity index (χ4n) is 4.10. The number of nitrogens with zero attached hydrogens (tertiary/aromatic N) is 2. The van der Waals surface area contributed by atoms with E-state index in [2.05, 4.69) is 54.0 Å². The number of thioether (sulfide) groups is 1. The quantitative estimate of drug-likeness (QED) is 0.273. The Hall–Kier alpha value is -1.93. The van der Waals surface area contributed by atoms with Gasteiger partial charge in [0.25, 0.3) is 0 Å². The van der Waals surface area contributed by atoms with Gasteiger partial charge in [-0.05, 0) is 61.8 Å². The first-order valence-electron chi connectivity index (χ1n) is 10.0. The number of thiophene rings is 1. The van der Waals surface area contributed by atoms with Crippen molar-refractivity contribution in [3.63, 3.8) is 0 Å². The summed E-state index contributed by atoms with van der Waals surface area (Å²) in [6, 6.07) is 14.9.